The molecule has 0 bridgehead atoms. The Hall–Kier alpha value is -5.01. The highest BCUT2D eigenvalue weighted by atomic mass is 16.1. The van der Waals surface area contributed by atoms with Gasteiger partial charge < -0.3 is 0 Å². The monoisotopic (exact) mass is 504 g/mol. The van der Waals surface area contributed by atoms with E-state index in [-0.39, 0.29) is 0 Å². The van der Waals surface area contributed by atoms with Gasteiger partial charge >= 0.3 is 0 Å². The molecule has 0 saturated heterocycles. The van der Waals surface area contributed by atoms with Crippen LogP contribution in [0.4, 0.5) is 0 Å². The first-order chi connectivity index (χ1) is 19.3. The molecule has 6 aromatic rings. The SMILES string of the molecule is O=Cc1ccccc1.c1ccc(-c2ccc(-c3ccccc3)cc2)cc1.c1ccc(Cc2ccccc2)cc1. The number of aldehydes is 1. The number of carbonyl (C=O) groups excluding carboxylic acids is 1. The molecule has 0 spiro atoms. The van der Waals surface area contributed by atoms with Crippen LogP contribution in [-0.2, 0) is 6.42 Å². The molecule has 0 N–H and O–H groups in total. The Labute approximate surface area is 232 Å². The van der Waals surface area contributed by atoms with Gasteiger partial charge in [0.15, 0.2) is 0 Å². The third-order valence-corrected chi connectivity index (χ3v) is 6.13. The largest absolute Gasteiger partial charge is 0.298 e. The van der Waals surface area contributed by atoms with Gasteiger partial charge in [0.2, 0.25) is 0 Å². The van der Waals surface area contributed by atoms with E-state index in [0.717, 1.165) is 18.3 Å². The quantitative estimate of drug-likeness (QED) is 0.214. The lowest BCUT2D eigenvalue weighted by atomic mass is 10.0. The Balaban J connectivity index is 0.000000147. The summed E-state index contributed by atoms with van der Waals surface area (Å²) in [6.07, 6.45) is 1.86. The number of benzene rings is 6. The van der Waals surface area contributed by atoms with Crippen molar-refractivity contribution in [2.75, 3.05) is 0 Å². The van der Waals surface area contributed by atoms with Crippen LogP contribution < -0.4 is 0 Å². The molecule has 0 unspecified atom stereocenters. The molecule has 39 heavy (non-hydrogen) atoms. The Bertz CT molecular complexity index is 1380. The fourth-order valence-corrected chi connectivity index (χ4v) is 4.08. The summed E-state index contributed by atoms with van der Waals surface area (Å²) < 4.78 is 0. The molecule has 0 aliphatic heterocycles. The van der Waals surface area contributed by atoms with Crippen LogP contribution in [-0.4, -0.2) is 6.29 Å². The maximum absolute atomic E-state index is 10.0. The highest BCUT2D eigenvalue weighted by Gasteiger charge is 1.99. The maximum Gasteiger partial charge on any atom is 0.150 e. The molecule has 0 aliphatic carbocycles. The molecule has 0 fully saturated rings. The van der Waals surface area contributed by atoms with Crippen LogP contribution in [0.1, 0.15) is 21.5 Å². The molecular weight excluding hydrogens is 472 g/mol. The second-order valence-corrected chi connectivity index (χ2v) is 8.99. The number of hydrogen-bond donors (Lipinski definition) is 0. The van der Waals surface area contributed by atoms with Crippen molar-refractivity contribution in [2.45, 2.75) is 6.42 Å². The topological polar surface area (TPSA) is 17.1 Å². The van der Waals surface area contributed by atoms with Gasteiger partial charge in [-0.15, -0.1) is 0 Å². The molecule has 0 aromatic heterocycles. The van der Waals surface area contributed by atoms with Crippen LogP contribution in [0, 0.1) is 0 Å². The number of carbonyl (C=O) groups is 1. The van der Waals surface area contributed by atoms with Crippen LogP contribution in [0.15, 0.2) is 176 Å². The van der Waals surface area contributed by atoms with E-state index in [2.05, 4.69) is 133 Å². The van der Waals surface area contributed by atoms with Crippen molar-refractivity contribution in [1.29, 1.82) is 0 Å². The van der Waals surface area contributed by atoms with Crippen LogP contribution in [0.3, 0.4) is 0 Å². The van der Waals surface area contributed by atoms with Gasteiger partial charge in [-0.2, -0.15) is 0 Å². The van der Waals surface area contributed by atoms with Crippen LogP contribution in [0.25, 0.3) is 22.3 Å². The van der Waals surface area contributed by atoms with Crippen LogP contribution in [0.2, 0.25) is 0 Å². The molecule has 190 valence electrons. The molecule has 0 heterocycles. The average molecular weight is 505 g/mol. The predicted octanol–water partition coefficient (Wildman–Crippen LogP) is 9.80. The normalized spacial score (nSPS) is 9.74. The first-order valence-electron chi connectivity index (χ1n) is 13.1. The van der Waals surface area contributed by atoms with E-state index in [4.69, 9.17) is 0 Å². The van der Waals surface area contributed by atoms with Crippen LogP contribution >= 0.6 is 0 Å². The van der Waals surface area contributed by atoms with Crippen LogP contribution in [0.5, 0.6) is 0 Å². The lowest BCUT2D eigenvalue weighted by Crippen LogP contribution is -1.85. The third kappa shape index (κ3) is 9.10. The van der Waals surface area contributed by atoms with Gasteiger partial charge in [-0.05, 0) is 39.8 Å². The summed E-state index contributed by atoms with van der Waals surface area (Å²) in [4.78, 5) is 10.0. The number of rotatable bonds is 5. The van der Waals surface area contributed by atoms with Gasteiger partial charge in [-0.25, -0.2) is 0 Å². The minimum Gasteiger partial charge on any atom is -0.298 e. The second-order valence-electron chi connectivity index (χ2n) is 8.99. The fraction of sp³-hybridized carbons (Fsp3) is 0.0263. The zero-order chi connectivity index (χ0) is 27.0. The Morgan fingerprint density at radius 2 is 0.615 bits per heavy atom. The summed E-state index contributed by atoms with van der Waals surface area (Å²) in [5.41, 5.74) is 8.51. The van der Waals surface area contributed by atoms with Crippen molar-refractivity contribution >= 4 is 6.29 Å². The van der Waals surface area contributed by atoms with E-state index in [1.165, 1.54) is 33.4 Å². The maximum atomic E-state index is 10.0. The van der Waals surface area contributed by atoms with E-state index in [9.17, 15) is 4.79 Å². The molecule has 0 aliphatic rings. The summed E-state index contributed by atoms with van der Waals surface area (Å²) in [7, 11) is 0. The summed E-state index contributed by atoms with van der Waals surface area (Å²) in [6.45, 7) is 0. The van der Waals surface area contributed by atoms with Crippen molar-refractivity contribution in [3.63, 3.8) is 0 Å². The molecule has 0 atom stereocenters. The van der Waals surface area contributed by atoms with Gasteiger partial charge in [0.1, 0.15) is 6.29 Å². The Morgan fingerprint density at radius 3 is 0.923 bits per heavy atom. The first kappa shape index (κ1) is 27.0. The fourth-order valence-electron chi connectivity index (χ4n) is 4.08. The Morgan fingerprint density at radius 1 is 0.333 bits per heavy atom. The second kappa shape index (κ2) is 15.3. The molecule has 0 radical (unpaired) electrons. The minimum absolute atomic E-state index is 0.729. The number of hydrogen-bond acceptors (Lipinski definition) is 1. The van der Waals surface area contributed by atoms with E-state index in [1.807, 2.05) is 30.3 Å². The molecule has 6 rings (SSSR count). The average Bonchev–Trinajstić information content (AvgIpc) is 3.04. The summed E-state index contributed by atoms with van der Waals surface area (Å²) in [5, 5.41) is 0. The lowest BCUT2D eigenvalue weighted by molar-refractivity contribution is 0.112. The Kier molecular flexibility index (Phi) is 10.6. The van der Waals surface area contributed by atoms with Crippen molar-refractivity contribution in [3.05, 3.63) is 193 Å². The third-order valence-electron chi connectivity index (χ3n) is 6.13. The van der Waals surface area contributed by atoms with E-state index in [1.54, 1.807) is 12.1 Å². The predicted molar refractivity (Wildman–Crippen MR) is 165 cm³/mol. The molecular formula is C38H32O. The van der Waals surface area contributed by atoms with Gasteiger partial charge in [0.25, 0.3) is 0 Å². The summed E-state index contributed by atoms with van der Waals surface area (Å²) in [5.74, 6) is 0. The van der Waals surface area contributed by atoms with E-state index in [0.29, 0.717) is 0 Å². The van der Waals surface area contributed by atoms with Gasteiger partial charge in [0.05, 0.1) is 0 Å². The smallest absolute Gasteiger partial charge is 0.150 e. The first-order valence-corrected chi connectivity index (χ1v) is 13.1. The van der Waals surface area contributed by atoms with Gasteiger partial charge in [0, 0.05) is 5.56 Å². The lowest BCUT2D eigenvalue weighted by Gasteiger charge is -2.04. The van der Waals surface area contributed by atoms with Gasteiger partial charge in [-0.1, -0.05) is 176 Å². The van der Waals surface area contributed by atoms with Crippen molar-refractivity contribution in [2.24, 2.45) is 0 Å². The minimum atomic E-state index is 0.729. The van der Waals surface area contributed by atoms with Crippen molar-refractivity contribution in [3.8, 4) is 22.3 Å². The van der Waals surface area contributed by atoms with Crippen molar-refractivity contribution in [1.82, 2.24) is 0 Å². The molecule has 0 saturated carbocycles. The summed E-state index contributed by atoms with van der Waals surface area (Å²) in [6, 6.07) is 59.8. The summed E-state index contributed by atoms with van der Waals surface area (Å²) >= 11 is 0. The van der Waals surface area contributed by atoms with E-state index >= 15 is 0 Å². The van der Waals surface area contributed by atoms with E-state index < -0.39 is 0 Å². The molecule has 0 amide bonds. The van der Waals surface area contributed by atoms with Crippen molar-refractivity contribution < 1.29 is 4.79 Å². The zero-order valence-electron chi connectivity index (χ0n) is 21.9. The standard InChI is InChI=1S/C18H14.C13H12.C7H6O/c1-3-7-15(8-4-1)17-11-13-18(14-12-17)16-9-5-2-6-10-16;1-3-7-12(8-4-1)11-13-9-5-2-6-10-13;8-6-7-4-2-1-3-5-7/h1-14H;1-10H,11H2;1-6H. The van der Waals surface area contributed by atoms with Gasteiger partial charge in [-0.3, -0.25) is 4.79 Å². The highest BCUT2D eigenvalue weighted by Crippen LogP contribution is 2.24. The zero-order valence-corrected chi connectivity index (χ0v) is 21.9. The molecule has 1 heteroatoms. The molecule has 6 aromatic carbocycles. The molecule has 1 nitrogen and oxygen atoms in total. The highest BCUT2D eigenvalue weighted by molar-refractivity contribution is 5.74.